The Balaban J connectivity index is 1.37. The molecule has 4 saturated heterocycles. The molecule has 3 unspecified atom stereocenters. The fourth-order valence-corrected chi connectivity index (χ4v) is 8.64. The molecule has 0 radical (unpaired) electrons. The molecule has 6 heterocycles. The Morgan fingerprint density at radius 3 is 2.19 bits per heavy atom. The van der Waals surface area contributed by atoms with Crippen molar-refractivity contribution in [2.24, 2.45) is 0 Å². The summed E-state index contributed by atoms with van der Waals surface area (Å²) in [6.45, 7) is 9.01. The van der Waals surface area contributed by atoms with Crippen LogP contribution in [0.5, 0.6) is 0 Å². The van der Waals surface area contributed by atoms with Crippen molar-refractivity contribution in [1.82, 2.24) is 35.1 Å². The van der Waals surface area contributed by atoms with Gasteiger partial charge in [0.05, 0.1) is 23.7 Å². The predicted octanol–water partition coefficient (Wildman–Crippen LogP) is 4.51. The molecule has 6 rings (SSSR count). The molecule has 13 heteroatoms. The lowest BCUT2D eigenvalue weighted by molar-refractivity contribution is -0.0524. The van der Waals surface area contributed by atoms with E-state index in [1.807, 2.05) is 0 Å². The number of anilines is 2. The van der Waals surface area contributed by atoms with Crippen molar-refractivity contribution in [1.29, 1.82) is 10.5 Å². The number of fused-ring (bicyclic) bond motifs is 2. The molecular formula is C29H37Cl2N11. The van der Waals surface area contributed by atoms with Crippen LogP contribution in [0, 0.1) is 22.7 Å². The van der Waals surface area contributed by atoms with E-state index in [2.05, 4.69) is 78.6 Å². The molecule has 0 amide bonds. The zero-order valence-electron chi connectivity index (χ0n) is 24.3. The number of nitrogens with one attached hydrogen (secondary N) is 3. The molecule has 4 fully saturated rings. The maximum absolute atomic E-state index is 9.91. The van der Waals surface area contributed by atoms with Crippen molar-refractivity contribution in [2.75, 3.05) is 23.7 Å². The number of rotatable bonds is 6. The smallest absolute Gasteiger partial charge is 0.224 e. The summed E-state index contributed by atoms with van der Waals surface area (Å²) in [7, 11) is 0. The Morgan fingerprint density at radius 2 is 1.50 bits per heavy atom. The highest BCUT2D eigenvalue weighted by Gasteiger charge is 2.55. The summed E-state index contributed by atoms with van der Waals surface area (Å²) in [5, 5.41) is 31.3. The van der Waals surface area contributed by atoms with Gasteiger partial charge >= 0.3 is 0 Å². The molecule has 0 aliphatic carbocycles. The first-order valence-corrected chi connectivity index (χ1v) is 15.5. The van der Waals surface area contributed by atoms with Crippen molar-refractivity contribution in [3.05, 3.63) is 34.1 Å². The van der Waals surface area contributed by atoms with Crippen LogP contribution in [0.25, 0.3) is 0 Å². The monoisotopic (exact) mass is 609 g/mol. The highest BCUT2D eigenvalue weighted by atomic mass is 35.5. The molecule has 0 bridgehead atoms. The minimum absolute atomic E-state index is 0.0553. The first-order chi connectivity index (χ1) is 20.0. The summed E-state index contributed by atoms with van der Waals surface area (Å²) in [6, 6.07) is 5.25. The average Bonchev–Trinajstić information content (AvgIpc) is 3.59. The third-order valence-electron chi connectivity index (χ3n) is 9.65. The fraction of sp³-hybridized carbons (Fsp3) is 0.655. The van der Waals surface area contributed by atoms with Gasteiger partial charge in [0, 0.05) is 36.6 Å². The van der Waals surface area contributed by atoms with E-state index in [4.69, 9.17) is 23.2 Å². The minimum Gasteiger partial charge on any atom is -0.366 e. The van der Waals surface area contributed by atoms with Crippen molar-refractivity contribution in [3.8, 4) is 12.1 Å². The Hall–Kier alpha value is -2.80. The van der Waals surface area contributed by atoms with Gasteiger partial charge in [-0.25, -0.2) is 9.97 Å². The summed E-state index contributed by atoms with van der Waals surface area (Å²) in [5.74, 6) is 0.924. The number of nitrogens with zero attached hydrogens (tertiary/aromatic N) is 8. The molecule has 4 aliphatic rings. The first kappa shape index (κ1) is 29.3. The maximum atomic E-state index is 9.91. The van der Waals surface area contributed by atoms with Crippen LogP contribution in [0.4, 0.5) is 11.6 Å². The number of hydrogen-bond acceptors (Lipinski definition) is 11. The number of aromatic nitrogens is 4. The molecule has 42 heavy (non-hydrogen) atoms. The third-order valence-corrected chi connectivity index (χ3v) is 10.0. The number of halogens is 2. The summed E-state index contributed by atoms with van der Waals surface area (Å²) in [6.07, 6.45) is 10.8. The van der Waals surface area contributed by atoms with Gasteiger partial charge in [-0.2, -0.15) is 20.5 Å². The first-order valence-electron chi connectivity index (χ1n) is 14.8. The van der Waals surface area contributed by atoms with Crippen LogP contribution in [0.3, 0.4) is 0 Å². The molecule has 11 nitrogen and oxygen atoms in total. The van der Waals surface area contributed by atoms with Crippen LogP contribution < -0.4 is 16.0 Å². The van der Waals surface area contributed by atoms with Gasteiger partial charge in [0.25, 0.3) is 0 Å². The Bertz CT molecular complexity index is 1440. The van der Waals surface area contributed by atoms with Gasteiger partial charge in [-0.1, -0.05) is 0 Å². The number of piperidine rings is 2. The molecule has 5 atom stereocenters. The molecular weight excluding hydrogens is 573 g/mol. The Kier molecular flexibility index (Phi) is 7.70. The normalized spacial score (nSPS) is 32.4. The van der Waals surface area contributed by atoms with Gasteiger partial charge in [-0.05, 0) is 95.5 Å². The molecule has 2 aromatic heterocycles. The Labute approximate surface area is 257 Å². The standard InChI is InChI=1S/C29H37Cl2N11/c1-27(2)17-29(12-22-7-5-8-41(22)27,39-24-19(14-33)16-35-26(31)38-24)40-28(3)11-20(10-21-6-4-9-42(21)28)36-23-18(13-32)15-34-25(30)37-23/h15-16,20-22,40H,4-12,17H2,1-3H3,(H,34,36,37)(H,35,38,39)/t20-,21+,22?,28?,29?/m0/s1. The molecule has 3 N–H and O–H groups in total. The summed E-state index contributed by atoms with van der Waals surface area (Å²) < 4.78 is 0. The quantitative estimate of drug-likeness (QED) is 0.314. The fourth-order valence-electron chi connectivity index (χ4n) is 8.38. The van der Waals surface area contributed by atoms with E-state index in [1.165, 1.54) is 18.8 Å². The van der Waals surface area contributed by atoms with E-state index >= 15 is 0 Å². The molecule has 222 valence electrons. The SMILES string of the molecule is CC1(C)CC(Nc2nc(Cl)ncc2C#N)(NC2(C)C[C@@H](Nc3nc(Cl)ncc3C#N)C[C@H]3CCCN32)CC2CCCN21. The third kappa shape index (κ3) is 5.49. The zero-order chi connectivity index (χ0) is 29.7. The molecule has 0 spiro atoms. The topological polar surface area (TPSA) is 142 Å². The maximum Gasteiger partial charge on any atom is 0.224 e. The van der Waals surface area contributed by atoms with Crippen LogP contribution in [-0.4, -0.2) is 77.8 Å². The molecule has 4 aliphatic heterocycles. The average molecular weight is 611 g/mol. The van der Waals surface area contributed by atoms with E-state index in [-0.39, 0.29) is 22.1 Å². The highest BCUT2D eigenvalue weighted by molar-refractivity contribution is 6.28. The van der Waals surface area contributed by atoms with E-state index in [0.717, 1.165) is 58.0 Å². The van der Waals surface area contributed by atoms with Gasteiger partial charge < -0.3 is 10.6 Å². The van der Waals surface area contributed by atoms with Crippen LogP contribution in [0.15, 0.2) is 12.4 Å². The highest BCUT2D eigenvalue weighted by Crippen LogP contribution is 2.46. The van der Waals surface area contributed by atoms with Crippen molar-refractivity contribution in [3.63, 3.8) is 0 Å². The number of nitriles is 2. The molecule has 2 aromatic rings. The zero-order valence-corrected chi connectivity index (χ0v) is 25.8. The molecule has 0 aromatic carbocycles. The van der Waals surface area contributed by atoms with Crippen molar-refractivity contribution >= 4 is 34.8 Å². The second-order valence-electron chi connectivity index (χ2n) is 13.1. The lowest BCUT2D eigenvalue weighted by Gasteiger charge is -2.59. The van der Waals surface area contributed by atoms with Crippen LogP contribution in [0.2, 0.25) is 10.6 Å². The second-order valence-corrected chi connectivity index (χ2v) is 13.8. The van der Waals surface area contributed by atoms with E-state index in [1.54, 1.807) is 0 Å². The summed E-state index contributed by atoms with van der Waals surface area (Å²) >= 11 is 12.4. The summed E-state index contributed by atoms with van der Waals surface area (Å²) in [5.41, 5.74) is -0.327. The largest absolute Gasteiger partial charge is 0.366 e. The van der Waals surface area contributed by atoms with Gasteiger partial charge in [0.15, 0.2) is 0 Å². The van der Waals surface area contributed by atoms with Crippen LogP contribution >= 0.6 is 23.2 Å². The van der Waals surface area contributed by atoms with E-state index in [9.17, 15) is 10.5 Å². The Morgan fingerprint density at radius 1 is 0.881 bits per heavy atom. The van der Waals surface area contributed by atoms with Gasteiger partial charge in [-0.3, -0.25) is 15.1 Å². The van der Waals surface area contributed by atoms with Crippen LogP contribution in [-0.2, 0) is 0 Å². The lowest BCUT2D eigenvalue weighted by Crippen LogP contribution is -2.75. The summed E-state index contributed by atoms with van der Waals surface area (Å²) in [4.78, 5) is 22.1. The van der Waals surface area contributed by atoms with E-state index in [0.29, 0.717) is 34.8 Å². The van der Waals surface area contributed by atoms with Crippen LogP contribution in [0.1, 0.15) is 83.3 Å². The van der Waals surface area contributed by atoms with Crippen molar-refractivity contribution < 1.29 is 0 Å². The van der Waals surface area contributed by atoms with Gasteiger partial charge in [0.1, 0.15) is 34.9 Å². The lowest BCUT2D eigenvalue weighted by atomic mass is 9.77. The minimum atomic E-state index is -0.571. The van der Waals surface area contributed by atoms with E-state index < -0.39 is 11.3 Å². The van der Waals surface area contributed by atoms with Gasteiger partial charge in [0.2, 0.25) is 10.6 Å². The van der Waals surface area contributed by atoms with Crippen molar-refractivity contribution in [2.45, 2.75) is 107 Å². The van der Waals surface area contributed by atoms with Gasteiger partial charge in [-0.15, -0.1) is 0 Å². The number of hydrogen-bond donors (Lipinski definition) is 3. The second kappa shape index (κ2) is 11.0. The predicted molar refractivity (Wildman–Crippen MR) is 161 cm³/mol. The molecule has 0 saturated carbocycles.